The molecule has 158 valence electrons. The summed E-state index contributed by atoms with van der Waals surface area (Å²) in [6, 6.07) is 25.4. The summed E-state index contributed by atoms with van der Waals surface area (Å²) in [6.45, 7) is 1.96. The molecule has 5 nitrogen and oxygen atoms in total. The van der Waals surface area contributed by atoms with Crippen molar-refractivity contribution in [2.75, 3.05) is 7.11 Å². The molecule has 0 saturated heterocycles. The average molecular weight is 452 g/mol. The van der Waals surface area contributed by atoms with Gasteiger partial charge in [-0.2, -0.15) is 0 Å². The maximum absolute atomic E-state index is 6.33. The van der Waals surface area contributed by atoms with E-state index in [4.69, 9.17) is 21.1 Å². The standard InChI is InChI=1S/C24H22ClN3O2S/c1-17(30-22-15-9-8-14-21(22)29-2)23-26-27-24(28(23)19-11-4-3-5-12-19)31-16-18-10-6-7-13-20(18)25/h3-15,17H,16H2,1-2H3. The van der Waals surface area contributed by atoms with Crippen molar-refractivity contribution in [3.05, 3.63) is 95.3 Å². The number of thioether (sulfide) groups is 1. The van der Waals surface area contributed by atoms with E-state index in [0.29, 0.717) is 23.1 Å². The van der Waals surface area contributed by atoms with E-state index in [1.165, 1.54) is 0 Å². The smallest absolute Gasteiger partial charge is 0.196 e. The lowest BCUT2D eigenvalue weighted by Crippen LogP contribution is -2.12. The van der Waals surface area contributed by atoms with Crippen molar-refractivity contribution in [3.8, 4) is 17.2 Å². The molecule has 4 aromatic rings. The quantitative estimate of drug-likeness (QED) is 0.291. The van der Waals surface area contributed by atoms with Crippen molar-refractivity contribution >= 4 is 23.4 Å². The molecule has 4 rings (SSSR count). The zero-order valence-corrected chi connectivity index (χ0v) is 18.8. The molecule has 0 N–H and O–H groups in total. The molecule has 0 spiro atoms. The van der Waals surface area contributed by atoms with Gasteiger partial charge in [0.15, 0.2) is 28.6 Å². The predicted octanol–water partition coefficient (Wildman–Crippen LogP) is 6.36. The summed E-state index contributed by atoms with van der Waals surface area (Å²) in [4.78, 5) is 0. The molecule has 0 amide bonds. The maximum Gasteiger partial charge on any atom is 0.196 e. The van der Waals surface area contributed by atoms with Gasteiger partial charge < -0.3 is 9.47 Å². The second-order valence-electron chi connectivity index (χ2n) is 6.80. The minimum absolute atomic E-state index is 0.348. The van der Waals surface area contributed by atoms with Crippen LogP contribution in [0.15, 0.2) is 84.0 Å². The van der Waals surface area contributed by atoms with Gasteiger partial charge in [-0.05, 0) is 42.8 Å². The Bertz CT molecular complexity index is 1150. The van der Waals surface area contributed by atoms with E-state index in [9.17, 15) is 0 Å². The Labute approximate surface area is 191 Å². The molecular formula is C24H22ClN3O2S. The summed E-state index contributed by atoms with van der Waals surface area (Å²) >= 11 is 7.92. The van der Waals surface area contributed by atoms with Crippen LogP contribution in [0.1, 0.15) is 24.4 Å². The number of hydrogen-bond donors (Lipinski definition) is 0. The minimum atomic E-state index is -0.348. The van der Waals surface area contributed by atoms with Gasteiger partial charge in [0.25, 0.3) is 0 Å². The molecule has 1 heterocycles. The fraction of sp³-hybridized carbons (Fsp3) is 0.167. The van der Waals surface area contributed by atoms with Crippen molar-refractivity contribution in [1.82, 2.24) is 14.8 Å². The number of nitrogens with zero attached hydrogens (tertiary/aromatic N) is 3. The fourth-order valence-electron chi connectivity index (χ4n) is 3.17. The number of halogens is 1. The van der Waals surface area contributed by atoms with Crippen LogP contribution in [0.3, 0.4) is 0 Å². The number of methoxy groups -OCH3 is 1. The number of hydrogen-bond acceptors (Lipinski definition) is 5. The Morgan fingerprint density at radius 1 is 0.903 bits per heavy atom. The monoisotopic (exact) mass is 451 g/mol. The molecule has 0 radical (unpaired) electrons. The van der Waals surface area contributed by atoms with E-state index in [1.54, 1.807) is 18.9 Å². The van der Waals surface area contributed by atoms with E-state index < -0.39 is 0 Å². The molecule has 1 atom stereocenters. The SMILES string of the molecule is COc1ccccc1OC(C)c1nnc(SCc2ccccc2Cl)n1-c1ccccc1. The third-order valence-electron chi connectivity index (χ3n) is 4.72. The highest BCUT2D eigenvalue weighted by Gasteiger charge is 2.22. The third-order valence-corrected chi connectivity index (χ3v) is 6.07. The van der Waals surface area contributed by atoms with Crippen LogP contribution in [0.2, 0.25) is 5.02 Å². The fourth-order valence-corrected chi connectivity index (χ4v) is 4.42. The van der Waals surface area contributed by atoms with Crippen molar-refractivity contribution in [3.63, 3.8) is 0 Å². The van der Waals surface area contributed by atoms with E-state index in [0.717, 1.165) is 21.4 Å². The van der Waals surface area contributed by atoms with Crippen LogP contribution in [-0.2, 0) is 5.75 Å². The molecule has 7 heteroatoms. The highest BCUT2D eigenvalue weighted by molar-refractivity contribution is 7.98. The van der Waals surface area contributed by atoms with Crippen LogP contribution >= 0.6 is 23.4 Å². The van der Waals surface area contributed by atoms with Crippen LogP contribution in [-0.4, -0.2) is 21.9 Å². The Morgan fingerprint density at radius 2 is 1.58 bits per heavy atom. The molecule has 31 heavy (non-hydrogen) atoms. The van der Waals surface area contributed by atoms with E-state index in [2.05, 4.69) is 10.2 Å². The van der Waals surface area contributed by atoms with Crippen LogP contribution in [0, 0.1) is 0 Å². The highest BCUT2D eigenvalue weighted by Crippen LogP contribution is 2.33. The van der Waals surface area contributed by atoms with Crippen molar-refractivity contribution in [2.24, 2.45) is 0 Å². The summed E-state index contributed by atoms with van der Waals surface area (Å²) in [5, 5.41) is 10.5. The van der Waals surface area contributed by atoms with Crippen LogP contribution in [0.25, 0.3) is 5.69 Å². The lowest BCUT2D eigenvalue weighted by Gasteiger charge is -2.18. The number of aromatic nitrogens is 3. The molecule has 0 aliphatic rings. The molecule has 1 aromatic heterocycles. The Kier molecular flexibility index (Phi) is 6.79. The van der Waals surface area contributed by atoms with Crippen LogP contribution in [0.5, 0.6) is 11.5 Å². The normalized spacial score (nSPS) is 11.8. The van der Waals surface area contributed by atoms with E-state index >= 15 is 0 Å². The number of para-hydroxylation sites is 3. The summed E-state index contributed by atoms with van der Waals surface area (Å²) in [5.41, 5.74) is 2.02. The van der Waals surface area contributed by atoms with Crippen molar-refractivity contribution in [2.45, 2.75) is 23.9 Å². The lowest BCUT2D eigenvalue weighted by atomic mass is 10.2. The average Bonchev–Trinajstić information content (AvgIpc) is 3.23. The lowest BCUT2D eigenvalue weighted by molar-refractivity contribution is 0.204. The summed E-state index contributed by atoms with van der Waals surface area (Å²) in [7, 11) is 1.63. The molecule has 0 bridgehead atoms. The van der Waals surface area contributed by atoms with Gasteiger partial charge in [0, 0.05) is 16.5 Å². The topological polar surface area (TPSA) is 49.2 Å². The van der Waals surface area contributed by atoms with Gasteiger partial charge in [0.2, 0.25) is 0 Å². The first-order valence-electron chi connectivity index (χ1n) is 9.84. The van der Waals surface area contributed by atoms with Gasteiger partial charge >= 0.3 is 0 Å². The van der Waals surface area contributed by atoms with Gasteiger partial charge in [0.1, 0.15) is 0 Å². The molecule has 0 aliphatic carbocycles. The van der Waals surface area contributed by atoms with Gasteiger partial charge in [0.05, 0.1) is 7.11 Å². The zero-order chi connectivity index (χ0) is 21.6. The summed E-state index contributed by atoms with van der Waals surface area (Å²) in [6.07, 6.45) is -0.348. The number of rotatable bonds is 8. The molecular weight excluding hydrogens is 430 g/mol. The Balaban J connectivity index is 1.65. The van der Waals surface area contributed by atoms with Gasteiger partial charge in [-0.15, -0.1) is 10.2 Å². The zero-order valence-electron chi connectivity index (χ0n) is 17.2. The Morgan fingerprint density at radius 3 is 2.32 bits per heavy atom. The number of benzene rings is 3. The van der Waals surface area contributed by atoms with E-state index in [1.807, 2.05) is 90.4 Å². The Hall–Kier alpha value is -2.96. The molecule has 0 saturated carbocycles. The predicted molar refractivity (Wildman–Crippen MR) is 124 cm³/mol. The van der Waals surface area contributed by atoms with E-state index in [-0.39, 0.29) is 6.10 Å². The molecule has 0 fully saturated rings. The van der Waals surface area contributed by atoms with Crippen LogP contribution < -0.4 is 9.47 Å². The van der Waals surface area contributed by atoms with Gasteiger partial charge in [-0.3, -0.25) is 4.57 Å². The maximum atomic E-state index is 6.33. The number of ether oxygens (including phenoxy) is 2. The third kappa shape index (κ3) is 4.86. The highest BCUT2D eigenvalue weighted by atomic mass is 35.5. The molecule has 1 unspecified atom stereocenters. The molecule has 0 aliphatic heterocycles. The van der Waals surface area contributed by atoms with Gasteiger partial charge in [-0.1, -0.05) is 71.9 Å². The first-order chi connectivity index (χ1) is 15.2. The summed E-state index contributed by atoms with van der Waals surface area (Å²) < 4.78 is 13.6. The first-order valence-corrected chi connectivity index (χ1v) is 11.2. The summed E-state index contributed by atoms with van der Waals surface area (Å²) in [5.74, 6) is 2.73. The second-order valence-corrected chi connectivity index (χ2v) is 8.15. The first kappa shape index (κ1) is 21.3. The minimum Gasteiger partial charge on any atom is -0.493 e. The molecule has 3 aromatic carbocycles. The van der Waals surface area contributed by atoms with Crippen molar-refractivity contribution in [1.29, 1.82) is 0 Å². The van der Waals surface area contributed by atoms with Gasteiger partial charge in [-0.25, -0.2) is 0 Å². The second kappa shape index (κ2) is 9.90. The van der Waals surface area contributed by atoms with Crippen molar-refractivity contribution < 1.29 is 9.47 Å². The largest absolute Gasteiger partial charge is 0.493 e. The van der Waals surface area contributed by atoms with Crippen LogP contribution in [0.4, 0.5) is 0 Å².